The first-order valence-corrected chi connectivity index (χ1v) is 13.6. The number of aliphatic carboxylic acids is 1. The molecular formula is C31H46O3. The number of hydrogen-bond donors (Lipinski definition) is 1. The fourth-order valence-electron chi connectivity index (χ4n) is 8.62. The summed E-state index contributed by atoms with van der Waals surface area (Å²) in [5, 5.41) is 10.3. The first-order valence-electron chi connectivity index (χ1n) is 13.6. The molecule has 0 radical (unpaired) electrons. The molecule has 4 aliphatic rings. The maximum absolute atomic E-state index is 12.8. The first-order chi connectivity index (χ1) is 15.7. The van der Waals surface area contributed by atoms with Crippen LogP contribution in [0.2, 0.25) is 0 Å². The Bertz CT molecular complexity index is 965. The second-order valence-electron chi connectivity index (χ2n) is 13.5. The Morgan fingerprint density at radius 2 is 1.79 bits per heavy atom. The van der Waals surface area contributed by atoms with Crippen LogP contribution in [0, 0.1) is 45.3 Å². The van der Waals surface area contributed by atoms with Crippen molar-refractivity contribution in [3.8, 4) is 0 Å². The largest absolute Gasteiger partial charge is 0.481 e. The van der Waals surface area contributed by atoms with Crippen LogP contribution < -0.4 is 0 Å². The normalized spacial score (nSPS) is 39.5. The van der Waals surface area contributed by atoms with E-state index < -0.39 is 5.97 Å². The second kappa shape index (κ2) is 8.20. The molecule has 4 aliphatic carbocycles. The van der Waals surface area contributed by atoms with E-state index >= 15 is 0 Å². The van der Waals surface area contributed by atoms with Gasteiger partial charge in [-0.2, -0.15) is 0 Å². The molecule has 0 aromatic rings. The number of ketones is 1. The van der Waals surface area contributed by atoms with E-state index in [0.29, 0.717) is 30.5 Å². The second-order valence-corrected chi connectivity index (χ2v) is 13.5. The molecule has 3 heteroatoms. The highest BCUT2D eigenvalue weighted by atomic mass is 16.4. The number of carbonyl (C=O) groups excluding carboxylic acids is 1. The summed E-state index contributed by atoms with van der Waals surface area (Å²) in [6, 6.07) is 0. The van der Waals surface area contributed by atoms with Gasteiger partial charge in [0.25, 0.3) is 0 Å². The van der Waals surface area contributed by atoms with E-state index in [2.05, 4.69) is 67.2 Å². The van der Waals surface area contributed by atoms with Crippen LogP contribution in [0.15, 0.2) is 35.5 Å². The number of carboxylic acid groups (broad SMARTS) is 1. The van der Waals surface area contributed by atoms with Gasteiger partial charge < -0.3 is 5.11 Å². The third-order valence-corrected chi connectivity index (χ3v) is 11.4. The van der Waals surface area contributed by atoms with Crippen molar-refractivity contribution in [2.75, 3.05) is 0 Å². The monoisotopic (exact) mass is 466 g/mol. The van der Waals surface area contributed by atoms with E-state index in [1.807, 2.05) is 0 Å². The van der Waals surface area contributed by atoms with Crippen LogP contribution in [-0.4, -0.2) is 16.9 Å². The van der Waals surface area contributed by atoms with Gasteiger partial charge in [-0.05, 0) is 90.1 Å². The number of Topliss-reactive ketones (excluding diaryl/α,β-unsaturated/α-hetero) is 1. The maximum atomic E-state index is 12.8. The van der Waals surface area contributed by atoms with Crippen molar-refractivity contribution < 1.29 is 14.7 Å². The highest BCUT2D eigenvalue weighted by molar-refractivity contribution is 5.86. The van der Waals surface area contributed by atoms with E-state index in [9.17, 15) is 14.7 Å². The van der Waals surface area contributed by atoms with Crippen LogP contribution in [0.1, 0.15) is 99.8 Å². The number of allylic oxidation sites excluding steroid dienone is 5. The molecule has 0 spiro atoms. The third-order valence-electron chi connectivity index (χ3n) is 11.4. The summed E-state index contributed by atoms with van der Waals surface area (Å²) in [5.74, 6) is 0.355. The predicted octanol–water partition coefficient (Wildman–Crippen LogP) is 7.77. The highest BCUT2D eigenvalue weighted by Crippen LogP contribution is 2.71. The van der Waals surface area contributed by atoms with Gasteiger partial charge in [-0.25, -0.2) is 0 Å². The van der Waals surface area contributed by atoms with Gasteiger partial charge in [-0.3, -0.25) is 9.59 Å². The van der Waals surface area contributed by atoms with Gasteiger partial charge in [0.2, 0.25) is 0 Å². The van der Waals surface area contributed by atoms with Crippen molar-refractivity contribution in [2.45, 2.75) is 99.8 Å². The van der Waals surface area contributed by atoms with E-state index in [-0.39, 0.29) is 33.5 Å². The number of rotatable bonds is 6. The van der Waals surface area contributed by atoms with Crippen LogP contribution in [0.25, 0.3) is 0 Å². The topological polar surface area (TPSA) is 54.4 Å². The van der Waals surface area contributed by atoms with Crippen LogP contribution in [0.3, 0.4) is 0 Å². The van der Waals surface area contributed by atoms with Gasteiger partial charge >= 0.3 is 5.97 Å². The molecule has 0 saturated heterocycles. The standard InChI is InChI=1S/C31H46O3/c1-19(2)20(3)9-10-21(27(33)34)22-13-17-31(8)24-11-12-25-28(4,5)26(32)15-16-29(25,6)23(24)14-18-30(22,31)7/h11,14,19,21-22,25H,3,9-10,12-13,15-18H2,1-2,4-8H3,(H,33,34). The average molecular weight is 467 g/mol. The van der Waals surface area contributed by atoms with Crippen molar-refractivity contribution in [1.82, 2.24) is 0 Å². The molecular weight excluding hydrogens is 420 g/mol. The minimum atomic E-state index is -0.640. The van der Waals surface area contributed by atoms with Crippen LogP contribution in [0.4, 0.5) is 0 Å². The summed E-state index contributed by atoms with van der Waals surface area (Å²) in [6.45, 7) is 20.0. The number of hydrogen-bond acceptors (Lipinski definition) is 2. The molecule has 1 N–H and O–H groups in total. The minimum absolute atomic E-state index is 0.00984. The molecule has 6 unspecified atom stereocenters. The molecule has 0 amide bonds. The number of carbonyl (C=O) groups is 2. The molecule has 3 nitrogen and oxygen atoms in total. The fraction of sp³-hybridized carbons (Fsp3) is 0.742. The third kappa shape index (κ3) is 3.43. The Hall–Kier alpha value is -1.64. The average Bonchev–Trinajstić information content (AvgIpc) is 3.02. The van der Waals surface area contributed by atoms with Gasteiger partial charge in [0.05, 0.1) is 5.92 Å². The molecule has 0 aromatic carbocycles. The Morgan fingerprint density at radius 3 is 2.41 bits per heavy atom. The zero-order valence-corrected chi connectivity index (χ0v) is 22.6. The molecule has 0 aliphatic heterocycles. The van der Waals surface area contributed by atoms with Crippen LogP contribution in [0.5, 0.6) is 0 Å². The van der Waals surface area contributed by atoms with E-state index in [1.54, 1.807) is 0 Å². The predicted molar refractivity (Wildman–Crippen MR) is 138 cm³/mol. The Balaban J connectivity index is 1.69. The van der Waals surface area contributed by atoms with Gasteiger partial charge in [-0.15, -0.1) is 0 Å². The summed E-state index contributed by atoms with van der Waals surface area (Å²) >= 11 is 0. The van der Waals surface area contributed by atoms with Gasteiger partial charge in [-0.1, -0.05) is 72.8 Å². The smallest absolute Gasteiger partial charge is 0.306 e. The number of fused-ring (bicyclic) bond motifs is 5. The quantitative estimate of drug-likeness (QED) is 0.407. The van der Waals surface area contributed by atoms with E-state index in [1.165, 1.54) is 11.1 Å². The van der Waals surface area contributed by atoms with Gasteiger partial charge in [0, 0.05) is 11.8 Å². The zero-order chi connectivity index (χ0) is 25.3. The number of carboxylic acids is 1. The lowest BCUT2D eigenvalue weighted by molar-refractivity contribution is -0.146. The molecule has 6 atom stereocenters. The molecule has 188 valence electrons. The van der Waals surface area contributed by atoms with E-state index in [4.69, 9.17) is 0 Å². The molecule has 0 heterocycles. The van der Waals surface area contributed by atoms with Crippen molar-refractivity contribution in [2.24, 2.45) is 45.3 Å². The first kappa shape index (κ1) is 25.5. The summed E-state index contributed by atoms with van der Waals surface area (Å²) in [5.41, 5.74) is 3.78. The summed E-state index contributed by atoms with van der Waals surface area (Å²) in [4.78, 5) is 25.3. The SMILES string of the molecule is C=C(CCC(C(=O)O)C1CCC2(C)C3=CCC4C(C)(C)C(=O)CCC4(C)C3=CCC12C)C(C)C. The maximum Gasteiger partial charge on any atom is 0.306 e. The summed E-state index contributed by atoms with van der Waals surface area (Å²) < 4.78 is 0. The van der Waals surface area contributed by atoms with Crippen molar-refractivity contribution >= 4 is 11.8 Å². The van der Waals surface area contributed by atoms with Crippen molar-refractivity contribution in [3.63, 3.8) is 0 Å². The van der Waals surface area contributed by atoms with Gasteiger partial charge in [0.15, 0.2) is 0 Å². The van der Waals surface area contributed by atoms with Gasteiger partial charge in [0.1, 0.15) is 5.78 Å². The van der Waals surface area contributed by atoms with E-state index in [0.717, 1.165) is 44.1 Å². The van der Waals surface area contributed by atoms with Crippen LogP contribution >= 0.6 is 0 Å². The van der Waals surface area contributed by atoms with Crippen LogP contribution in [-0.2, 0) is 9.59 Å². The zero-order valence-electron chi connectivity index (χ0n) is 22.6. The highest BCUT2D eigenvalue weighted by Gasteiger charge is 2.63. The summed E-state index contributed by atoms with van der Waals surface area (Å²) in [7, 11) is 0. The fourth-order valence-corrected chi connectivity index (χ4v) is 8.62. The lowest BCUT2D eigenvalue weighted by Gasteiger charge is -2.59. The molecule has 2 saturated carbocycles. The summed E-state index contributed by atoms with van der Waals surface area (Å²) in [6.07, 6.45) is 11.9. The Kier molecular flexibility index (Phi) is 6.14. The molecule has 2 fully saturated rings. The molecule has 0 bridgehead atoms. The molecule has 4 rings (SSSR count). The lowest BCUT2D eigenvalue weighted by Crippen LogP contribution is -2.53. The van der Waals surface area contributed by atoms with Crippen molar-refractivity contribution in [3.05, 3.63) is 35.5 Å². The molecule has 0 aromatic heterocycles. The Morgan fingerprint density at radius 1 is 1.12 bits per heavy atom. The Labute approximate surface area is 207 Å². The molecule has 34 heavy (non-hydrogen) atoms. The lowest BCUT2D eigenvalue weighted by atomic mass is 9.44. The van der Waals surface area contributed by atoms with Crippen molar-refractivity contribution in [1.29, 1.82) is 0 Å². The minimum Gasteiger partial charge on any atom is -0.481 e.